The summed E-state index contributed by atoms with van der Waals surface area (Å²) in [5.41, 5.74) is 2.24. The van der Waals surface area contributed by atoms with Crippen molar-refractivity contribution in [2.45, 2.75) is 13.3 Å². The zero-order valence-corrected chi connectivity index (χ0v) is 8.70. The minimum absolute atomic E-state index is 0.307. The van der Waals surface area contributed by atoms with E-state index in [0.29, 0.717) is 11.2 Å². The molecule has 0 amide bonds. The van der Waals surface area contributed by atoms with Gasteiger partial charge in [-0.1, -0.05) is 6.92 Å². The highest BCUT2D eigenvalue weighted by molar-refractivity contribution is 6.03. The van der Waals surface area contributed by atoms with Crippen LogP contribution in [0.4, 0.5) is 0 Å². The SMILES string of the molecule is CCc1cnc2[nH]ccc2c1C(=O)OC. The molecule has 4 nitrogen and oxygen atoms in total. The third-order valence-electron chi connectivity index (χ3n) is 2.44. The van der Waals surface area contributed by atoms with Gasteiger partial charge in [-0.25, -0.2) is 9.78 Å². The molecule has 0 radical (unpaired) electrons. The van der Waals surface area contributed by atoms with Crippen molar-refractivity contribution in [1.29, 1.82) is 0 Å². The van der Waals surface area contributed by atoms with Crippen LogP contribution >= 0.6 is 0 Å². The molecule has 0 aliphatic carbocycles. The minimum atomic E-state index is -0.307. The van der Waals surface area contributed by atoms with Crippen molar-refractivity contribution < 1.29 is 9.53 Å². The van der Waals surface area contributed by atoms with Gasteiger partial charge in [0, 0.05) is 17.8 Å². The molecule has 2 heterocycles. The van der Waals surface area contributed by atoms with Gasteiger partial charge in [0.1, 0.15) is 5.65 Å². The van der Waals surface area contributed by atoms with Crippen molar-refractivity contribution >= 4 is 17.0 Å². The summed E-state index contributed by atoms with van der Waals surface area (Å²) < 4.78 is 4.78. The van der Waals surface area contributed by atoms with Crippen LogP contribution in [0.15, 0.2) is 18.5 Å². The fourth-order valence-electron chi connectivity index (χ4n) is 1.66. The Morgan fingerprint density at radius 3 is 3.07 bits per heavy atom. The molecule has 2 aromatic rings. The Balaban J connectivity index is 2.74. The summed E-state index contributed by atoms with van der Waals surface area (Å²) in [5.74, 6) is -0.307. The van der Waals surface area contributed by atoms with E-state index in [1.165, 1.54) is 7.11 Å². The van der Waals surface area contributed by atoms with E-state index in [0.717, 1.165) is 17.4 Å². The molecule has 0 unspecified atom stereocenters. The smallest absolute Gasteiger partial charge is 0.338 e. The predicted octanol–water partition coefficient (Wildman–Crippen LogP) is 1.91. The lowest BCUT2D eigenvalue weighted by molar-refractivity contribution is 0.0602. The summed E-state index contributed by atoms with van der Waals surface area (Å²) in [6, 6.07) is 1.84. The highest BCUT2D eigenvalue weighted by atomic mass is 16.5. The number of aromatic nitrogens is 2. The average Bonchev–Trinajstić information content (AvgIpc) is 2.74. The van der Waals surface area contributed by atoms with Crippen molar-refractivity contribution in [2.24, 2.45) is 0 Å². The molecule has 0 saturated heterocycles. The molecule has 0 spiro atoms. The van der Waals surface area contributed by atoms with Crippen molar-refractivity contribution in [1.82, 2.24) is 9.97 Å². The number of nitrogens with one attached hydrogen (secondary N) is 1. The number of H-pyrrole nitrogens is 1. The van der Waals surface area contributed by atoms with Gasteiger partial charge in [0.15, 0.2) is 0 Å². The van der Waals surface area contributed by atoms with Crippen LogP contribution in [0.1, 0.15) is 22.8 Å². The second-order valence-corrected chi connectivity index (χ2v) is 3.24. The quantitative estimate of drug-likeness (QED) is 0.760. The first-order valence-corrected chi connectivity index (χ1v) is 4.81. The van der Waals surface area contributed by atoms with Crippen molar-refractivity contribution in [2.75, 3.05) is 7.11 Å². The van der Waals surface area contributed by atoms with Gasteiger partial charge in [0.25, 0.3) is 0 Å². The van der Waals surface area contributed by atoms with Crippen LogP contribution in [0.5, 0.6) is 0 Å². The first-order valence-electron chi connectivity index (χ1n) is 4.81. The molecule has 2 rings (SSSR count). The first-order chi connectivity index (χ1) is 7.27. The van der Waals surface area contributed by atoms with Gasteiger partial charge < -0.3 is 9.72 Å². The fraction of sp³-hybridized carbons (Fsp3) is 0.273. The lowest BCUT2D eigenvalue weighted by Crippen LogP contribution is -2.06. The Morgan fingerprint density at radius 1 is 1.60 bits per heavy atom. The van der Waals surface area contributed by atoms with Crippen LogP contribution < -0.4 is 0 Å². The average molecular weight is 204 g/mol. The number of fused-ring (bicyclic) bond motifs is 1. The number of pyridine rings is 1. The van der Waals surface area contributed by atoms with Gasteiger partial charge in [0.05, 0.1) is 12.7 Å². The molecule has 0 saturated carbocycles. The van der Waals surface area contributed by atoms with Crippen LogP contribution in [0.2, 0.25) is 0 Å². The third kappa shape index (κ3) is 1.48. The highest BCUT2D eigenvalue weighted by Crippen LogP contribution is 2.20. The summed E-state index contributed by atoms with van der Waals surface area (Å²) in [4.78, 5) is 18.8. The number of ether oxygens (including phenoxy) is 1. The maximum absolute atomic E-state index is 11.6. The number of carbonyl (C=O) groups excluding carboxylic acids is 1. The van der Waals surface area contributed by atoms with E-state index < -0.39 is 0 Å². The van der Waals surface area contributed by atoms with Crippen LogP contribution in [0.25, 0.3) is 11.0 Å². The van der Waals surface area contributed by atoms with Crippen LogP contribution in [-0.2, 0) is 11.2 Å². The topological polar surface area (TPSA) is 55.0 Å². The molecule has 4 heteroatoms. The minimum Gasteiger partial charge on any atom is -0.465 e. The number of carbonyl (C=O) groups is 1. The second-order valence-electron chi connectivity index (χ2n) is 3.24. The van der Waals surface area contributed by atoms with E-state index in [-0.39, 0.29) is 5.97 Å². The summed E-state index contributed by atoms with van der Waals surface area (Å²) in [5, 5.41) is 0.821. The van der Waals surface area contributed by atoms with Crippen molar-refractivity contribution in [3.63, 3.8) is 0 Å². The molecule has 2 aromatic heterocycles. The zero-order valence-electron chi connectivity index (χ0n) is 8.70. The Kier molecular flexibility index (Phi) is 2.41. The normalized spacial score (nSPS) is 10.5. The maximum atomic E-state index is 11.6. The van der Waals surface area contributed by atoms with Gasteiger partial charge >= 0.3 is 5.97 Å². The molecule has 0 fully saturated rings. The van der Waals surface area contributed by atoms with E-state index in [9.17, 15) is 4.79 Å². The van der Waals surface area contributed by atoms with Gasteiger partial charge in [-0.15, -0.1) is 0 Å². The number of methoxy groups -OCH3 is 1. The van der Waals surface area contributed by atoms with Gasteiger partial charge in [-0.2, -0.15) is 0 Å². The Labute approximate surface area is 87.3 Å². The number of hydrogen-bond donors (Lipinski definition) is 1. The lowest BCUT2D eigenvalue weighted by Gasteiger charge is -2.06. The number of aryl methyl sites for hydroxylation is 1. The van der Waals surface area contributed by atoms with E-state index >= 15 is 0 Å². The predicted molar refractivity (Wildman–Crippen MR) is 56.8 cm³/mol. The fourth-order valence-corrected chi connectivity index (χ4v) is 1.66. The standard InChI is InChI=1S/C11H12N2O2/c1-3-7-6-13-10-8(4-5-12-10)9(7)11(14)15-2/h4-6H,3H2,1-2H3,(H,12,13). The molecular formula is C11H12N2O2. The molecule has 0 aliphatic rings. The number of rotatable bonds is 2. The number of aromatic amines is 1. The zero-order chi connectivity index (χ0) is 10.8. The van der Waals surface area contributed by atoms with E-state index in [4.69, 9.17) is 4.74 Å². The lowest BCUT2D eigenvalue weighted by atomic mass is 10.1. The molecule has 0 atom stereocenters. The molecular weight excluding hydrogens is 192 g/mol. The number of esters is 1. The number of hydrogen-bond acceptors (Lipinski definition) is 3. The molecule has 1 N–H and O–H groups in total. The van der Waals surface area contributed by atoms with Gasteiger partial charge in [-0.05, 0) is 18.1 Å². The highest BCUT2D eigenvalue weighted by Gasteiger charge is 2.16. The van der Waals surface area contributed by atoms with Crippen LogP contribution in [-0.4, -0.2) is 23.0 Å². The van der Waals surface area contributed by atoms with E-state index in [1.807, 2.05) is 13.0 Å². The second kappa shape index (κ2) is 3.73. The Morgan fingerprint density at radius 2 is 2.40 bits per heavy atom. The molecule has 0 aromatic carbocycles. The number of nitrogens with zero attached hydrogens (tertiary/aromatic N) is 1. The maximum Gasteiger partial charge on any atom is 0.338 e. The van der Waals surface area contributed by atoms with Crippen molar-refractivity contribution in [3.05, 3.63) is 29.6 Å². The van der Waals surface area contributed by atoms with Gasteiger partial charge in [-0.3, -0.25) is 0 Å². The summed E-state index contributed by atoms with van der Waals surface area (Å²) in [7, 11) is 1.39. The summed E-state index contributed by atoms with van der Waals surface area (Å²) in [6.45, 7) is 1.99. The van der Waals surface area contributed by atoms with E-state index in [2.05, 4.69) is 9.97 Å². The molecule has 15 heavy (non-hydrogen) atoms. The van der Waals surface area contributed by atoms with Gasteiger partial charge in [0.2, 0.25) is 0 Å². The van der Waals surface area contributed by atoms with Crippen molar-refractivity contribution in [3.8, 4) is 0 Å². The van der Waals surface area contributed by atoms with E-state index in [1.54, 1.807) is 12.4 Å². The largest absolute Gasteiger partial charge is 0.465 e. The van der Waals surface area contributed by atoms with Crippen LogP contribution in [0.3, 0.4) is 0 Å². The Hall–Kier alpha value is -1.84. The summed E-state index contributed by atoms with van der Waals surface area (Å²) in [6.07, 6.45) is 4.24. The molecule has 0 bridgehead atoms. The third-order valence-corrected chi connectivity index (χ3v) is 2.44. The summed E-state index contributed by atoms with van der Waals surface area (Å²) >= 11 is 0. The molecule has 0 aliphatic heterocycles. The van der Waals surface area contributed by atoms with Crippen LogP contribution in [0, 0.1) is 0 Å². The molecule has 78 valence electrons. The first kappa shape index (κ1) is 9.71. The Bertz CT molecular complexity index is 502. The monoisotopic (exact) mass is 204 g/mol.